The third kappa shape index (κ3) is 1.88. The highest BCUT2D eigenvalue weighted by molar-refractivity contribution is 5.76. The fraction of sp³-hybridized carbons (Fsp3) is 0.545. The summed E-state index contributed by atoms with van der Waals surface area (Å²) in [6.07, 6.45) is 10.5. The molecule has 4 rings (SSSR count). The number of fused-ring (bicyclic) bond motifs is 4. The van der Waals surface area contributed by atoms with Crippen LogP contribution in [0.25, 0.3) is 5.57 Å². The van der Waals surface area contributed by atoms with Crippen LogP contribution in [0.5, 0.6) is 5.75 Å². The van der Waals surface area contributed by atoms with E-state index < -0.39 is 5.60 Å². The molecule has 0 aliphatic heterocycles. The van der Waals surface area contributed by atoms with Gasteiger partial charge in [-0.15, -0.1) is 6.42 Å². The highest BCUT2D eigenvalue weighted by atomic mass is 16.5. The number of hydrogen-bond acceptors (Lipinski definition) is 2. The van der Waals surface area contributed by atoms with Crippen molar-refractivity contribution in [3.63, 3.8) is 0 Å². The molecule has 0 amide bonds. The first-order chi connectivity index (χ1) is 11.4. The van der Waals surface area contributed by atoms with E-state index in [2.05, 4.69) is 38.0 Å². The molecule has 126 valence electrons. The summed E-state index contributed by atoms with van der Waals surface area (Å²) < 4.78 is 5.42. The van der Waals surface area contributed by atoms with Crippen molar-refractivity contribution in [2.24, 2.45) is 11.3 Å². The lowest BCUT2D eigenvalue weighted by molar-refractivity contribution is -0.0218. The fourth-order valence-electron chi connectivity index (χ4n) is 5.54. The molecule has 1 aromatic carbocycles. The predicted molar refractivity (Wildman–Crippen MR) is 96.8 cm³/mol. The van der Waals surface area contributed by atoms with Crippen molar-refractivity contribution in [2.45, 2.75) is 57.5 Å². The summed E-state index contributed by atoms with van der Waals surface area (Å²) in [5.74, 6) is 4.57. The molecule has 1 aromatic rings. The maximum absolute atomic E-state index is 11.0. The first kappa shape index (κ1) is 15.8. The molecule has 0 saturated heterocycles. The monoisotopic (exact) mass is 322 g/mol. The van der Waals surface area contributed by atoms with Crippen LogP contribution in [-0.4, -0.2) is 17.8 Å². The molecule has 1 unspecified atom stereocenters. The minimum absolute atomic E-state index is 0.176. The number of ether oxygens (including phenoxy) is 1. The Bertz CT molecular complexity index is 769. The minimum atomic E-state index is -0.945. The topological polar surface area (TPSA) is 29.5 Å². The standard InChI is InChI=1S/C22H26O2/c1-5-22(23)11-9-20-19-12-14(2)18-13-15(24-4)6-7-16(18)17(19)8-10-21(20,22)3/h1,6-7,13-14,20,23H,8-12H2,2-4H3/t14?,20-,21-,22+/m0/s1. The third-order valence-electron chi connectivity index (χ3n) is 7.09. The van der Waals surface area contributed by atoms with Gasteiger partial charge in [0.1, 0.15) is 11.4 Å². The average Bonchev–Trinajstić information content (AvgIpc) is 2.87. The highest BCUT2D eigenvalue weighted by Crippen LogP contribution is 2.62. The molecule has 1 fully saturated rings. The van der Waals surface area contributed by atoms with Crippen LogP contribution in [0.2, 0.25) is 0 Å². The van der Waals surface area contributed by atoms with Crippen LogP contribution in [0.1, 0.15) is 63.0 Å². The van der Waals surface area contributed by atoms with Crippen molar-refractivity contribution < 1.29 is 9.84 Å². The molecule has 0 aromatic heterocycles. The summed E-state index contributed by atoms with van der Waals surface area (Å²) >= 11 is 0. The average molecular weight is 322 g/mol. The second-order valence-electron chi connectivity index (χ2n) is 8.08. The number of aliphatic hydroxyl groups is 1. The zero-order chi connectivity index (χ0) is 17.1. The Morgan fingerprint density at radius 3 is 2.83 bits per heavy atom. The van der Waals surface area contributed by atoms with Gasteiger partial charge in [-0.05, 0) is 72.8 Å². The van der Waals surface area contributed by atoms with E-state index in [0.29, 0.717) is 11.8 Å². The Labute approximate surface area is 144 Å². The van der Waals surface area contributed by atoms with Crippen molar-refractivity contribution in [3.8, 4) is 18.1 Å². The molecule has 4 atom stereocenters. The predicted octanol–water partition coefficient (Wildman–Crippen LogP) is 4.53. The Kier molecular flexibility index (Phi) is 3.38. The lowest BCUT2D eigenvalue weighted by atomic mass is 9.58. The molecule has 0 heterocycles. The van der Waals surface area contributed by atoms with Crippen LogP contribution in [-0.2, 0) is 0 Å². The molecular formula is C22H26O2. The van der Waals surface area contributed by atoms with Gasteiger partial charge in [0.2, 0.25) is 0 Å². The van der Waals surface area contributed by atoms with Gasteiger partial charge in [-0.25, -0.2) is 0 Å². The van der Waals surface area contributed by atoms with Crippen LogP contribution in [0.3, 0.4) is 0 Å². The normalized spacial score (nSPS) is 37.3. The Hall–Kier alpha value is -1.72. The molecular weight excluding hydrogens is 296 g/mol. The van der Waals surface area contributed by atoms with Crippen molar-refractivity contribution in [1.29, 1.82) is 0 Å². The second-order valence-corrected chi connectivity index (χ2v) is 8.08. The molecule has 1 saturated carbocycles. The van der Waals surface area contributed by atoms with Gasteiger partial charge in [-0.3, -0.25) is 0 Å². The summed E-state index contributed by atoms with van der Waals surface area (Å²) in [6, 6.07) is 6.50. The summed E-state index contributed by atoms with van der Waals surface area (Å²) in [5, 5.41) is 11.0. The van der Waals surface area contributed by atoms with Crippen molar-refractivity contribution in [1.82, 2.24) is 0 Å². The first-order valence-corrected chi connectivity index (χ1v) is 9.04. The molecule has 3 aliphatic rings. The molecule has 24 heavy (non-hydrogen) atoms. The highest BCUT2D eigenvalue weighted by Gasteiger charge is 2.58. The van der Waals surface area contributed by atoms with Gasteiger partial charge in [0, 0.05) is 5.41 Å². The molecule has 1 N–H and O–H groups in total. The Balaban J connectivity index is 1.83. The van der Waals surface area contributed by atoms with Crippen LogP contribution < -0.4 is 4.74 Å². The van der Waals surface area contributed by atoms with Crippen LogP contribution in [0, 0.1) is 23.7 Å². The number of benzene rings is 1. The lowest BCUT2D eigenvalue weighted by Gasteiger charge is -2.47. The van der Waals surface area contributed by atoms with E-state index >= 15 is 0 Å². The minimum Gasteiger partial charge on any atom is -0.497 e. The molecule has 0 radical (unpaired) electrons. The van der Waals surface area contributed by atoms with Gasteiger partial charge < -0.3 is 9.84 Å². The second kappa shape index (κ2) is 5.14. The van der Waals surface area contributed by atoms with Gasteiger partial charge in [0.25, 0.3) is 0 Å². The Morgan fingerprint density at radius 2 is 2.12 bits per heavy atom. The van der Waals surface area contributed by atoms with E-state index in [1.807, 2.05) is 0 Å². The lowest BCUT2D eigenvalue weighted by Crippen LogP contribution is -2.46. The van der Waals surface area contributed by atoms with E-state index in [1.165, 1.54) is 16.7 Å². The number of hydrogen-bond donors (Lipinski definition) is 1. The zero-order valence-corrected chi connectivity index (χ0v) is 14.9. The van der Waals surface area contributed by atoms with E-state index in [-0.39, 0.29) is 5.41 Å². The van der Waals surface area contributed by atoms with E-state index in [9.17, 15) is 5.11 Å². The van der Waals surface area contributed by atoms with Crippen molar-refractivity contribution in [3.05, 3.63) is 34.9 Å². The largest absolute Gasteiger partial charge is 0.497 e. The fourth-order valence-corrected chi connectivity index (χ4v) is 5.54. The van der Waals surface area contributed by atoms with Gasteiger partial charge in [0.05, 0.1) is 7.11 Å². The molecule has 2 heteroatoms. The smallest absolute Gasteiger partial charge is 0.131 e. The maximum Gasteiger partial charge on any atom is 0.131 e. The van der Waals surface area contributed by atoms with Crippen LogP contribution in [0.4, 0.5) is 0 Å². The molecule has 3 aliphatic carbocycles. The maximum atomic E-state index is 11.0. The van der Waals surface area contributed by atoms with Crippen molar-refractivity contribution >= 4 is 5.57 Å². The summed E-state index contributed by atoms with van der Waals surface area (Å²) in [7, 11) is 1.73. The summed E-state index contributed by atoms with van der Waals surface area (Å²) in [6.45, 7) is 4.51. The van der Waals surface area contributed by atoms with Gasteiger partial charge >= 0.3 is 0 Å². The molecule has 0 bridgehead atoms. The molecule has 2 nitrogen and oxygen atoms in total. The van der Waals surface area contributed by atoms with Crippen LogP contribution >= 0.6 is 0 Å². The Morgan fingerprint density at radius 1 is 1.33 bits per heavy atom. The third-order valence-corrected chi connectivity index (χ3v) is 7.09. The SMILES string of the molecule is C#C[C@@]1(O)CC[C@H]2C3=C(CC[C@@]21C)c1ccc(OC)cc1C(C)C3. The van der Waals surface area contributed by atoms with Gasteiger partial charge in [0.15, 0.2) is 0 Å². The summed E-state index contributed by atoms with van der Waals surface area (Å²) in [4.78, 5) is 0. The van der Waals surface area contributed by atoms with Gasteiger partial charge in [-0.1, -0.05) is 31.4 Å². The first-order valence-electron chi connectivity index (χ1n) is 9.04. The zero-order valence-electron chi connectivity index (χ0n) is 14.9. The van der Waals surface area contributed by atoms with Crippen LogP contribution in [0.15, 0.2) is 23.8 Å². The number of rotatable bonds is 1. The molecule has 0 spiro atoms. The number of methoxy groups -OCH3 is 1. The quantitative estimate of drug-likeness (QED) is 0.770. The van der Waals surface area contributed by atoms with E-state index in [4.69, 9.17) is 11.2 Å². The van der Waals surface area contributed by atoms with E-state index in [1.54, 1.807) is 12.7 Å². The van der Waals surface area contributed by atoms with Crippen molar-refractivity contribution in [2.75, 3.05) is 7.11 Å². The van der Waals surface area contributed by atoms with E-state index in [0.717, 1.165) is 37.9 Å². The summed E-state index contributed by atoms with van der Waals surface area (Å²) in [5.41, 5.74) is 4.74. The van der Waals surface area contributed by atoms with Gasteiger partial charge in [-0.2, -0.15) is 0 Å². The number of allylic oxidation sites excluding steroid dienone is 2. The number of terminal acetylenes is 1.